The van der Waals surface area contributed by atoms with Gasteiger partial charge in [-0.2, -0.15) is 4.98 Å². The first-order valence-electron chi connectivity index (χ1n) is 7.89. The number of imidazole rings is 1. The van der Waals surface area contributed by atoms with Crippen molar-refractivity contribution in [2.75, 3.05) is 5.32 Å². The first-order valence-corrected chi connectivity index (χ1v) is 8.27. The fraction of sp³-hybridized carbons (Fsp3) is 0.294. The molecule has 1 N–H and O–H groups in total. The van der Waals surface area contributed by atoms with Crippen molar-refractivity contribution < 1.29 is 4.79 Å². The third-order valence-corrected chi connectivity index (χ3v) is 4.56. The van der Waals surface area contributed by atoms with Crippen molar-refractivity contribution in [2.45, 2.75) is 20.4 Å². The molecule has 0 aliphatic rings. The third-order valence-electron chi connectivity index (χ3n) is 4.27. The van der Waals surface area contributed by atoms with Gasteiger partial charge in [-0.25, -0.2) is 4.79 Å². The van der Waals surface area contributed by atoms with E-state index in [1.54, 1.807) is 0 Å². The summed E-state index contributed by atoms with van der Waals surface area (Å²) in [5.41, 5.74) is 1.81. The molecule has 0 atom stereocenters. The standard InChI is InChI=1S/C17H18ClN5O3/c1-9-5-6-10(2)11(7-9)19-12(24)8-23-13-14(20-16(23)18)21(3)17(26)22(4)15(13)25/h5-7H,8H2,1-4H3,(H,19,24). The zero-order chi connectivity index (χ0) is 19.2. The lowest BCUT2D eigenvalue weighted by molar-refractivity contribution is -0.116. The van der Waals surface area contributed by atoms with E-state index in [4.69, 9.17) is 11.6 Å². The Kier molecular flexibility index (Phi) is 4.45. The van der Waals surface area contributed by atoms with Crippen molar-refractivity contribution in [3.8, 4) is 0 Å². The molecular weight excluding hydrogens is 358 g/mol. The summed E-state index contributed by atoms with van der Waals surface area (Å²) in [7, 11) is 2.86. The van der Waals surface area contributed by atoms with Gasteiger partial charge in [0, 0.05) is 19.8 Å². The van der Waals surface area contributed by atoms with E-state index in [2.05, 4.69) is 10.3 Å². The Morgan fingerprint density at radius 3 is 2.58 bits per heavy atom. The van der Waals surface area contributed by atoms with E-state index in [-0.39, 0.29) is 28.9 Å². The Bertz CT molecular complexity index is 1160. The van der Waals surface area contributed by atoms with Crippen LogP contribution in [0.2, 0.25) is 5.28 Å². The highest BCUT2D eigenvalue weighted by molar-refractivity contribution is 6.29. The average Bonchev–Trinajstić information content (AvgIpc) is 2.91. The summed E-state index contributed by atoms with van der Waals surface area (Å²) in [6.07, 6.45) is 0. The predicted molar refractivity (Wildman–Crippen MR) is 99.8 cm³/mol. The molecule has 0 radical (unpaired) electrons. The number of aryl methyl sites for hydroxylation is 3. The van der Waals surface area contributed by atoms with Gasteiger partial charge in [0.1, 0.15) is 6.54 Å². The van der Waals surface area contributed by atoms with Crippen LogP contribution in [0.1, 0.15) is 11.1 Å². The van der Waals surface area contributed by atoms with E-state index in [1.165, 1.54) is 23.2 Å². The lowest BCUT2D eigenvalue weighted by atomic mass is 10.1. The Hall–Kier alpha value is -2.87. The SMILES string of the molecule is Cc1ccc(C)c(NC(=O)Cn2c(Cl)nc3c2c(=O)n(C)c(=O)n3C)c1. The van der Waals surface area contributed by atoms with Crippen LogP contribution >= 0.6 is 11.6 Å². The molecule has 0 saturated heterocycles. The topological polar surface area (TPSA) is 90.9 Å². The van der Waals surface area contributed by atoms with Crippen molar-refractivity contribution in [3.63, 3.8) is 0 Å². The number of rotatable bonds is 3. The second-order valence-electron chi connectivity index (χ2n) is 6.21. The Labute approximate surface area is 153 Å². The Morgan fingerprint density at radius 1 is 1.19 bits per heavy atom. The van der Waals surface area contributed by atoms with Crippen LogP contribution in [0, 0.1) is 13.8 Å². The van der Waals surface area contributed by atoms with Crippen LogP contribution < -0.4 is 16.6 Å². The smallest absolute Gasteiger partial charge is 0.324 e. The lowest BCUT2D eigenvalue weighted by Gasteiger charge is -2.11. The van der Waals surface area contributed by atoms with E-state index in [0.29, 0.717) is 5.69 Å². The molecule has 0 fully saturated rings. The second-order valence-corrected chi connectivity index (χ2v) is 6.55. The molecule has 0 aliphatic heterocycles. The van der Waals surface area contributed by atoms with Crippen LogP contribution in [0.4, 0.5) is 5.69 Å². The van der Waals surface area contributed by atoms with Crippen molar-refractivity contribution in [3.05, 3.63) is 55.4 Å². The first-order chi connectivity index (χ1) is 12.2. The molecule has 2 aromatic heterocycles. The van der Waals surface area contributed by atoms with Crippen LogP contribution in [0.15, 0.2) is 27.8 Å². The maximum atomic E-state index is 12.5. The number of fused-ring (bicyclic) bond motifs is 1. The van der Waals surface area contributed by atoms with E-state index >= 15 is 0 Å². The van der Waals surface area contributed by atoms with E-state index in [0.717, 1.165) is 15.7 Å². The van der Waals surface area contributed by atoms with Gasteiger partial charge in [0.2, 0.25) is 11.2 Å². The fourth-order valence-electron chi connectivity index (χ4n) is 2.77. The largest absolute Gasteiger partial charge is 0.332 e. The van der Waals surface area contributed by atoms with Crippen molar-refractivity contribution in [2.24, 2.45) is 14.1 Å². The quantitative estimate of drug-likeness (QED) is 0.699. The fourth-order valence-corrected chi connectivity index (χ4v) is 2.99. The second kappa shape index (κ2) is 6.45. The molecular formula is C17H18ClN5O3. The number of benzene rings is 1. The van der Waals surface area contributed by atoms with Crippen molar-refractivity contribution >= 4 is 34.4 Å². The summed E-state index contributed by atoms with van der Waals surface area (Å²) >= 11 is 6.13. The molecule has 3 rings (SSSR count). The number of amides is 1. The van der Waals surface area contributed by atoms with Gasteiger partial charge in [0.15, 0.2) is 11.2 Å². The minimum absolute atomic E-state index is 0.0329. The highest BCUT2D eigenvalue weighted by Gasteiger charge is 2.20. The predicted octanol–water partition coefficient (Wildman–Crippen LogP) is 1.34. The number of nitrogens with zero attached hydrogens (tertiary/aromatic N) is 4. The van der Waals surface area contributed by atoms with Gasteiger partial charge in [-0.15, -0.1) is 0 Å². The number of hydrogen-bond acceptors (Lipinski definition) is 4. The van der Waals surface area contributed by atoms with Crippen LogP contribution in [0.5, 0.6) is 0 Å². The molecule has 26 heavy (non-hydrogen) atoms. The number of carbonyl (C=O) groups excluding carboxylic acids is 1. The Morgan fingerprint density at radius 2 is 1.88 bits per heavy atom. The number of anilines is 1. The highest BCUT2D eigenvalue weighted by atomic mass is 35.5. The molecule has 3 aromatic rings. The molecule has 2 heterocycles. The molecule has 1 aromatic carbocycles. The highest BCUT2D eigenvalue weighted by Crippen LogP contribution is 2.18. The number of hydrogen-bond donors (Lipinski definition) is 1. The van der Waals surface area contributed by atoms with Crippen LogP contribution in [0.3, 0.4) is 0 Å². The van der Waals surface area contributed by atoms with E-state index in [9.17, 15) is 14.4 Å². The summed E-state index contributed by atoms with van der Waals surface area (Å²) in [4.78, 5) is 41.0. The summed E-state index contributed by atoms with van der Waals surface area (Å²) in [6.45, 7) is 3.62. The normalized spacial score (nSPS) is 11.1. The van der Waals surface area contributed by atoms with Crippen molar-refractivity contribution in [1.29, 1.82) is 0 Å². The number of carbonyl (C=O) groups is 1. The number of halogens is 1. The first kappa shape index (κ1) is 17.9. The van der Waals surface area contributed by atoms with Gasteiger partial charge >= 0.3 is 5.69 Å². The number of nitrogens with one attached hydrogen (secondary N) is 1. The number of aromatic nitrogens is 4. The summed E-state index contributed by atoms with van der Waals surface area (Å²) in [6, 6.07) is 5.73. The maximum Gasteiger partial charge on any atom is 0.332 e. The molecule has 8 nitrogen and oxygen atoms in total. The van der Waals surface area contributed by atoms with E-state index in [1.807, 2.05) is 32.0 Å². The van der Waals surface area contributed by atoms with Gasteiger partial charge < -0.3 is 5.32 Å². The van der Waals surface area contributed by atoms with Crippen molar-refractivity contribution in [1.82, 2.24) is 18.7 Å². The molecule has 0 spiro atoms. The van der Waals surface area contributed by atoms with Gasteiger partial charge in [-0.1, -0.05) is 12.1 Å². The molecule has 0 aliphatic carbocycles. The minimum atomic E-state index is -0.554. The van der Waals surface area contributed by atoms with Gasteiger partial charge in [0.25, 0.3) is 5.56 Å². The Balaban J connectivity index is 2.03. The molecule has 0 saturated carbocycles. The lowest BCUT2D eigenvalue weighted by Crippen LogP contribution is -2.37. The summed E-state index contributed by atoms with van der Waals surface area (Å²) in [5, 5.41) is 2.78. The molecule has 136 valence electrons. The molecule has 0 bridgehead atoms. The molecule has 0 unspecified atom stereocenters. The zero-order valence-corrected chi connectivity index (χ0v) is 15.6. The van der Waals surface area contributed by atoms with Gasteiger partial charge in [-0.3, -0.25) is 23.3 Å². The maximum absolute atomic E-state index is 12.5. The third kappa shape index (κ3) is 2.92. The minimum Gasteiger partial charge on any atom is -0.324 e. The summed E-state index contributed by atoms with van der Waals surface area (Å²) < 4.78 is 3.49. The van der Waals surface area contributed by atoms with Crippen LogP contribution in [0.25, 0.3) is 11.2 Å². The average molecular weight is 376 g/mol. The summed E-state index contributed by atoms with van der Waals surface area (Å²) in [5.74, 6) is -0.351. The van der Waals surface area contributed by atoms with Crippen LogP contribution in [-0.4, -0.2) is 24.6 Å². The zero-order valence-electron chi connectivity index (χ0n) is 14.8. The molecule has 9 heteroatoms. The van der Waals surface area contributed by atoms with E-state index < -0.39 is 11.2 Å². The van der Waals surface area contributed by atoms with Gasteiger partial charge in [0.05, 0.1) is 0 Å². The van der Waals surface area contributed by atoms with Crippen LogP contribution in [-0.2, 0) is 25.4 Å². The molecule has 1 amide bonds. The monoisotopic (exact) mass is 375 g/mol. The van der Waals surface area contributed by atoms with Gasteiger partial charge in [-0.05, 0) is 42.6 Å².